The lowest BCUT2D eigenvalue weighted by Crippen LogP contribution is -2.27. The Morgan fingerprint density at radius 1 is 1.33 bits per heavy atom. The number of rotatable bonds is 5. The topological polar surface area (TPSA) is 32.3 Å². The highest BCUT2D eigenvalue weighted by molar-refractivity contribution is 9.10. The van der Waals surface area contributed by atoms with Crippen molar-refractivity contribution in [3.05, 3.63) is 50.6 Å². The zero-order chi connectivity index (χ0) is 13.0. The molecule has 0 saturated carbocycles. The van der Waals surface area contributed by atoms with Crippen LogP contribution in [-0.2, 0) is 13.0 Å². The molecule has 0 aliphatic carbocycles. The maximum atomic E-state index is 9.43. The molecule has 2 rings (SSSR count). The predicted molar refractivity (Wildman–Crippen MR) is 80.1 cm³/mol. The highest BCUT2D eigenvalue weighted by Gasteiger charge is 2.05. The molecule has 0 amide bonds. The summed E-state index contributed by atoms with van der Waals surface area (Å²) in [5.41, 5.74) is 2.55. The Morgan fingerprint density at radius 3 is 2.83 bits per heavy atom. The van der Waals surface area contributed by atoms with Crippen molar-refractivity contribution in [1.82, 2.24) is 5.32 Å². The van der Waals surface area contributed by atoms with E-state index in [1.54, 1.807) is 17.4 Å². The Kier molecular flexibility index (Phi) is 4.80. The van der Waals surface area contributed by atoms with Crippen LogP contribution < -0.4 is 5.32 Å². The maximum Gasteiger partial charge on any atom is 0.129 e. The van der Waals surface area contributed by atoms with Crippen LogP contribution in [-0.4, -0.2) is 11.1 Å². The van der Waals surface area contributed by atoms with Crippen LogP contribution in [0.25, 0.3) is 0 Å². The van der Waals surface area contributed by atoms with Crippen molar-refractivity contribution < 1.29 is 5.11 Å². The van der Waals surface area contributed by atoms with Crippen LogP contribution in [0.3, 0.4) is 0 Å². The molecular formula is C14H16BrNOS. The van der Waals surface area contributed by atoms with Crippen molar-refractivity contribution in [1.29, 1.82) is 0 Å². The molecular weight excluding hydrogens is 310 g/mol. The summed E-state index contributed by atoms with van der Waals surface area (Å²) in [4.78, 5) is 0. The van der Waals surface area contributed by atoms with Crippen molar-refractivity contribution in [2.24, 2.45) is 0 Å². The Bertz CT molecular complexity index is 499. The summed E-state index contributed by atoms with van der Waals surface area (Å²) in [7, 11) is 0. The molecule has 0 spiro atoms. The van der Waals surface area contributed by atoms with Crippen LogP contribution in [0.2, 0.25) is 0 Å². The molecule has 0 aliphatic heterocycles. The van der Waals surface area contributed by atoms with Gasteiger partial charge in [0, 0.05) is 12.6 Å². The monoisotopic (exact) mass is 325 g/mol. The lowest BCUT2D eigenvalue weighted by molar-refractivity contribution is 0.471. The van der Waals surface area contributed by atoms with Crippen LogP contribution in [0.1, 0.15) is 18.1 Å². The van der Waals surface area contributed by atoms with E-state index in [2.05, 4.69) is 45.0 Å². The van der Waals surface area contributed by atoms with Gasteiger partial charge in [-0.1, -0.05) is 6.07 Å². The average Bonchev–Trinajstić information content (AvgIpc) is 2.83. The highest BCUT2D eigenvalue weighted by atomic mass is 79.9. The number of phenolic OH excluding ortho intramolecular Hbond substituents is 1. The summed E-state index contributed by atoms with van der Waals surface area (Å²) in [6.07, 6.45) is 1.04. The van der Waals surface area contributed by atoms with Gasteiger partial charge in [-0.3, -0.25) is 0 Å². The summed E-state index contributed by atoms with van der Waals surface area (Å²) < 4.78 is 0.743. The first kappa shape index (κ1) is 13.6. The maximum absolute atomic E-state index is 9.43. The number of thiophene rings is 1. The zero-order valence-corrected chi connectivity index (χ0v) is 12.6. The Labute approximate surface area is 120 Å². The van der Waals surface area contributed by atoms with E-state index in [4.69, 9.17) is 0 Å². The largest absolute Gasteiger partial charge is 0.507 e. The standard InChI is InChI=1S/C14H16BrNOS/c1-10(6-12-4-5-18-9-12)16-8-11-2-3-14(17)13(15)7-11/h2-5,7,9-10,16-17H,6,8H2,1H3. The smallest absolute Gasteiger partial charge is 0.129 e. The zero-order valence-electron chi connectivity index (χ0n) is 10.2. The van der Waals surface area contributed by atoms with Gasteiger partial charge in [0.05, 0.1) is 4.47 Å². The van der Waals surface area contributed by atoms with Crippen molar-refractivity contribution in [2.75, 3.05) is 0 Å². The van der Waals surface area contributed by atoms with Gasteiger partial charge in [-0.05, 0) is 69.4 Å². The summed E-state index contributed by atoms with van der Waals surface area (Å²) in [6, 6.07) is 8.20. The SMILES string of the molecule is CC(Cc1ccsc1)NCc1ccc(O)c(Br)c1. The lowest BCUT2D eigenvalue weighted by atomic mass is 10.1. The molecule has 0 fully saturated rings. The Balaban J connectivity index is 1.85. The van der Waals surface area contributed by atoms with Crippen molar-refractivity contribution in [3.8, 4) is 5.75 Å². The van der Waals surface area contributed by atoms with E-state index in [0.717, 1.165) is 23.0 Å². The number of halogens is 1. The predicted octanol–water partition coefficient (Wildman–Crippen LogP) is 3.94. The molecule has 1 aromatic heterocycles. The molecule has 4 heteroatoms. The van der Waals surface area contributed by atoms with Gasteiger partial charge in [0.25, 0.3) is 0 Å². The minimum absolute atomic E-state index is 0.282. The summed E-state index contributed by atoms with van der Waals surface area (Å²) >= 11 is 5.06. The molecule has 0 aliphatic rings. The number of phenols is 1. The van der Waals surface area contributed by atoms with Gasteiger partial charge in [0.2, 0.25) is 0 Å². The minimum atomic E-state index is 0.282. The fraction of sp³-hybridized carbons (Fsp3) is 0.286. The van der Waals surface area contributed by atoms with E-state index in [-0.39, 0.29) is 5.75 Å². The van der Waals surface area contributed by atoms with Crippen LogP contribution in [0.4, 0.5) is 0 Å². The van der Waals surface area contributed by atoms with Gasteiger partial charge < -0.3 is 10.4 Å². The third-order valence-electron chi connectivity index (χ3n) is 2.79. The molecule has 2 aromatic rings. The first-order valence-electron chi connectivity index (χ1n) is 5.87. The van der Waals surface area contributed by atoms with Gasteiger partial charge in [0.1, 0.15) is 5.75 Å². The lowest BCUT2D eigenvalue weighted by Gasteiger charge is -2.13. The number of aromatic hydroxyl groups is 1. The molecule has 0 saturated heterocycles. The van der Waals surface area contributed by atoms with E-state index in [1.807, 2.05) is 12.1 Å². The first-order valence-corrected chi connectivity index (χ1v) is 7.60. The van der Waals surface area contributed by atoms with Gasteiger partial charge in [-0.2, -0.15) is 11.3 Å². The van der Waals surface area contributed by atoms with Crippen LogP contribution in [0.5, 0.6) is 5.75 Å². The molecule has 2 N–H and O–H groups in total. The Hall–Kier alpha value is -0.840. The highest BCUT2D eigenvalue weighted by Crippen LogP contribution is 2.24. The van der Waals surface area contributed by atoms with E-state index in [1.165, 1.54) is 5.56 Å². The second-order valence-electron chi connectivity index (χ2n) is 4.40. The fourth-order valence-electron chi connectivity index (χ4n) is 1.79. The van der Waals surface area contributed by atoms with E-state index < -0.39 is 0 Å². The normalized spacial score (nSPS) is 12.6. The van der Waals surface area contributed by atoms with Crippen LogP contribution in [0.15, 0.2) is 39.5 Å². The third-order valence-corrected chi connectivity index (χ3v) is 4.16. The third kappa shape index (κ3) is 3.83. The van der Waals surface area contributed by atoms with Gasteiger partial charge in [-0.25, -0.2) is 0 Å². The molecule has 1 unspecified atom stereocenters. The number of benzene rings is 1. The molecule has 2 nitrogen and oxygen atoms in total. The van der Waals surface area contributed by atoms with Crippen molar-refractivity contribution >= 4 is 27.3 Å². The summed E-state index contributed by atoms with van der Waals surface area (Å²) in [5.74, 6) is 0.282. The number of hydrogen-bond acceptors (Lipinski definition) is 3. The summed E-state index contributed by atoms with van der Waals surface area (Å²) in [5, 5.41) is 17.2. The molecule has 1 atom stereocenters. The number of hydrogen-bond donors (Lipinski definition) is 2. The first-order chi connectivity index (χ1) is 8.65. The average molecular weight is 326 g/mol. The van der Waals surface area contributed by atoms with Gasteiger partial charge >= 0.3 is 0 Å². The Morgan fingerprint density at radius 2 is 2.17 bits per heavy atom. The van der Waals surface area contributed by atoms with Crippen molar-refractivity contribution in [3.63, 3.8) is 0 Å². The molecule has 96 valence electrons. The second-order valence-corrected chi connectivity index (χ2v) is 6.04. The van der Waals surface area contributed by atoms with Crippen LogP contribution in [0, 0.1) is 0 Å². The van der Waals surface area contributed by atoms with E-state index in [9.17, 15) is 5.11 Å². The fourth-order valence-corrected chi connectivity index (χ4v) is 2.89. The second kappa shape index (κ2) is 6.36. The quantitative estimate of drug-likeness (QED) is 0.872. The number of nitrogens with one attached hydrogen (secondary N) is 1. The summed E-state index contributed by atoms with van der Waals surface area (Å²) in [6.45, 7) is 3.00. The molecule has 0 bridgehead atoms. The van der Waals surface area contributed by atoms with E-state index >= 15 is 0 Å². The molecule has 18 heavy (non-hydrogen) atoms. The molecule has 0 radical (unpaired) electrons. The minimum Gasteiger partial charge on any atom is -0.507 e. The van der Waals surface area contributed by atoms with Crippen molar-refractivity contribution in [2.45, 2.75) is 25.9 Å². The van der Waals surface area contributed by atoms with Crippen LogP contribution >= 0.6 is 27.3 Å². The van der Waals surface area contributed by atoms with Gasteiger partial charge in [0.15, 0.2) is 0 Å². The van der Waals surface area contributed by atoms with E-state index in [0.29, 0.717) is 6.04 Å². The molecule has 1 aromatic carbocycles. The molecule has 1 heterocycles. The van der Waals surface area contributed by atoms with Gasteiger partial charge in [-0.15, -0.1) is 0 Å².